The monoisotopic (exact) mass is 319 g/mol. The molecule has 0 bridgehead atoms. The fraction of sp³-hybridized carbons (Fsp3) is 0.375. The molecule has 1 unspecified atom stereocenters. The Balaban J connectivity index is 2.41. The van der Waals surface area contributed by atoms with Gasteiger partial charge in [0.25, 0.3) is 0 Å². The predicted octanol–water partition coefficient (Wildman–Crippen LogP) is 2.27. The third kappa shape index (κ3) is 3.74. The van der Waals surface area contributed by atoms with Crippen LogP contribution in [0.2, 0.25) is 0 Å². The molecular formula is C16H21N3O4. The molecule has 1 N–H and O–H groups in total. The van der Waals surface area contributed by atoms with Gasteiger partial charge < -0.3 is 24.1 Å². The summed E-state index contributed by atoms with van der Waals surface area (Å²) in [5.74, 6) is 1.88. The first-order valence-corrected chi connectivity index (χ1v) is 7.23. The maximum absolute atomic E-state index is 11.9. The molecule has 23 heavy (non-hydrogen) atoms. The molecule has 7 nitrogen and oxygen atoms in total. The number of imidazole rings is 1. The summed E-state index contributed by atoms with van der Waals surface area (Å²) in [5.41, 5.74) is 0.810. The summed E-state index contributed by atoms with van der Waals surface area (Å²) in [5, 5.41) is 2.83. The lowest BCUT2D eigenvalue weighted by Crippen LogP contribution is -2.31. The van der Waals surface area contributed by atoms with Crippen LogP contribution in [-0.4, -0.2) is 36.5 Å². The summed E-state index contributed by atoms with van der Waals surface area (Å²) >= 11 is 0. The van der Waals surface area contributed by atoms with Crippen LogP contribution in [0.15, 0.2) is 30.6 Å². The molecule has 2 rings (SSSR count). The SMILES string of the molecule is CCOC(=O)NC(c1ccc(OC)c(OC)c1)c1nccn1C. The van der Waals surface area contributed by atoms with Gasteiger partial charge in [0.15, 0.2) is 11.5 Å². The number of alkyl carbamates (subject to hydrolysis) is 1. The summed E-state index contributed by atoms with van der Waals surface area (Å²) in [7, 11) is 5.00. The highest BCUT2D eigenvalue weighted by atomic mass is 16.5. The number of methoxy groups -OCH3 is 2. The molecule has 1 heterocycles. The highest BCUT2D eigenvalue weighted by Gasteiger charge is 2.22. The number of carbonyl (C=O) groups excluding carboxylic acids is 1. The van der Waals surface area contributed by atoms with E-state index in [9.17, 15) is 4.79 Å². The van der Waals surface area contributed by atoms with E-state index in [4.69, 9.17) is 14.2 Å². The molecule has 2 aromatic rings. The van der Waals surface area contributed by atoms with Crippen molar-refractivity contribution in [1.82, 2.24) is 14.9 Å². The Hall–Kier alpha value is -2.70. The van der Waals surface area contributed by atoms with Crippen LogP contribution >= 0.6 is 0 Å². The lowest BCUT2D eigenvalue weighted by atomic mass is 10.1. The second-order valence-electron chi connectivity index (χ2n) is 4.81. The summed E-state index contributed by atoms with van der Waals surface area (Å²) in [6.45, 7) is 2.05. The molecule has 0 saturated carbocycles. The summed E-state index contributed by atoms with van der Waals surface area (Å²) < 4.78 is 17.4. The molecule has 1 aromatic carbocycles. The smallest absolute Gasteiger partial charge is 0.407 e. The molecule has 0 radical (unpaired) electrons. The molecule has 0 aliphatic heterocycles. The molecule has 1 atom stereocenters. The Morgan fingerprint density at radius 2 is 2.04 bits per heavy atom. The number of benzene rings is 1. The van der Waals surface area contributed by atoms with Crippen LogP contribution in [0.3, 0.4) is 0 Å². The third-order valence-corrected chi connectivity index (χ3v) is 3.40. The van der Waals surface area contributed by atoms with E-state index in [0.717, 1.165) is 5.56 Å². The van der Waals surface area contributed by atoms with Gasteiger partial charge in [-0.25, -0.2) is 9.78 Å². The van der Waals surface area contributed by atoms with Crippen molar-refractivity contribution in [2.24, 2.45) is 7.05 Å². The van der Waals surface area contributed by atoms with Crippen molar-refractivity contribution < 1.29 is 19.0 Å². The van der Waals surface area contributed by atoms with Gasteiger partial charge in [-0.1, -0.05) is 6.07 Å². The number of carbonyl (C=O) groups is 1. The number of aryl methyl sites for hydroxylation is 1. The second kappa shape index (κ2) is 7.53. The first kappa shape index (κ1) is 16.7. The predicted molar refractivity (Wildman–Crippen MR) is 84.8 cm³/mol. The number of ether oxygens (including phenoxy) is 3. The van der Waals surface area contributed by atoms with Gasteiger partial charge in [0.2, 0.25) is 0 Å². The van der Waals surface area contributed by atoms with Crippen LogP contribution in [0, 0.1) is 0 Å². The van der Waals surface area contributed by atoms with E-state index in [2.05, 4.69) is 10.3 Å². The average Bonchev–Trinajstić information content (AvgIpc) is 2.98. The number of nitrogens with one attached hydrogen (secondary N) is 1. The number of hydrogen-bond donors (Lipinski definition) is 1. The normalized spacial score (nSPS) is 11.7. The Morgan fingerprint density at radius 1 is 1.30 bits per heavy atom. The van der Waals surface area contributed by atoms with E-state index in [1.54, 1.807) is 33.4 Å². The van der Waals surface area contributed by atoms with E-state index in [0.29, 0.717) is 23.9 Å². The van der Waals surface area contributed by atoms with E-state index in [1.807, 2.05) is 29.9 Å². The second-order valence-corrected chi connectivity index (χ2v) is 4.81. The highest BCUT2D eigenvalue weighted by Crippen LogP contribution is 2.31. The number of nitrogens with zero attached hydrogens (tertiary/aromatic N) is 2. The highest BCUT2D eigenvalue weighted by molar-refractivity contribution is 5.68. The van der Waals surface area contributed by atoms with Crippen molar-refractivity contribution in [3.05, 3.63) is 42.0 Å². The van der Waals surface area contributed by atoms with Crippen molar-refractivity contribution in [3.63, 3.8) is 0 Å². The fourth-order valence-corrected chi connectivity index (χ4v) is 2.28. The molecular weight excluding hydrogens is 298 g/mol. The largest absolute Gasteiger partial charge is 0.493 e. The minimum absolute atomic E-state index is 0.297. The quantitative estimate of drug-likeness (QED) is 0.884. The third-order valence-electron chi connectivity index (χ3n) is 3.40. The molecule has 1 amide bonds. The first-order valence-electron chi connectivity index (χ1n) is 7.23. The lowest BCUT2D eigenvalue weighted by Gasteiger charge is -2.20. The van der Waals surface area contributed by atoms with Crippen LogP contribution in [0.4, 0.5) is 4.79 Å². The van der Waals surface area contributed by atoms with E-state index in [1.165, 1.54) is 0 Å². The van der Waals surface area contributed by atoms with E-state index in [-0.39, 0.29) is 0 Å². The summed E-state index contributed by atoms with van der Waals surface area (Å²) in [4.78, 5) is 16.2. The molecule has 0 saturated heterocycles. The van der Waals surface area contributed by atoms with Gasteiger partial charge in [0.05, 0.1) is 20.8 Å². The number of hydrogen-bond acceptors (Lipinski definition) is 5. The summed E-state index contributed by atoms with van der Waals surface area (Å²) in [6, 6.07) is 4.99. The van der Waals surface area contributed by atoms with Crippen LogP contribution in [0.5, 0.6) is 11.5 Å². The average molecular weight is 319 g/mol. The summed E-state index contributed by atoms with van der Waals surface area (Å²) in [6.07, 6.45) is 2.99. The maximum atomic E-state index is 11.9. The van der Waals surface area contributed by atoms with Crippen molar-refractivity contribution >= 4 is 6.09 Å². The molecule has 0 aliphatic rings. The van der Waals surface area contributed by atoms with Crippen molar-refractivity contribution in [2.45, 2.75) is 13.0 Å². The van der Waals surface area contributed by atoms with Crippen LogP contribution < -0.4 is 14.8 Å². The van der Waals surface area contributed by atoms with Gasteiger partial charge in [-0.2, -0.15) is 0 Å². The Labute approximate surface area is 135 Å². The molecule has 7 heteroatoms. The number of aromatic nitrogens is 2. The zero-order valence-electron chi connectivity index (χ0n) is 13.7. The Kier molecular flexibility index (Phi) is 5.46. The van der Waals surface area contributed by atoms with Crippen LogP contribution in [-0.2, 0) is 11.8 Å². The van der Waals surface area contributed by atoms with Crippen LogP contribution in [0.25, 0.3) is 0 Å². The first-order chi connectivity index (χ1) is 11.1. The van der Waals surface area contributed by atoms with Gasteiger partial charge in [-0.15, -0.1) is 0 Å². The Bertz CT molecular complexity index is 669. The van der Waals surface area contributed by atoms with E-state index >= 15 is 0 Å². The lowest BCUT2D eigenvalue weighted by molar-refractivity contribution is 0.149. The number of amides is 1. The minimum atomic E-state index is -0.504. The van der Waals surface area contributed by atoms with Crippen molar-refractivity contribution in [1.29, 1.82) is 0 Å². The standard InChI is InChI=1S/C16H21N3O4/c1-5-23-16(20)18-14(15-17-8-9-19(15)2)11-6-7-12(21-3)13(10-11)22-4/h6-10,14H,5H2,1-4H3,(H,18,20). The van der Waals surface area contributed by atoms with Gasteiger partial charge in [0.1, 0.15) is 11.9 Å². The van der Waals surface area contributed by atoms with Crippen LogP contribution in [0.1, 0.15) is 24.4 Å². The van der Waals surface area contributed by atoms with Gasteiger partial charge in [-0.3, -0.25) is 0 Å². The number of rotatable bonds is 6. The molecule has 0 spiro atoms. The Morgan fingerprint density at radius 3 is 2.61 bits per heavy atom. The zero-order valence-corrected chi connectivity index (χ0v) is 13.7. The van der Waals surface area contributed by atoms with Gasteiger partial charge >= 0.3 is 6.09 Å². The van der Waals surface area contributed by atoms with Gasteiger partial charge in [0, 0.05) is 19.4 Å². The maximum Gasteiger partial charge on any atom is 0.407 e. The van der Waals surface area contributed by atoms with Crippen molar-refractivity contribution in [2.75, 3.05) is 20.8 Å². The van der Waals surface area contributed by atoms with E-state index < -0.39 is 12.1 Å². The molecule has 0 fully saturated rings. The zero-order chi connectivity index (χ0) is 16.8. The molecule has 0 aliphatic carbocycles. The molecule has 1 aromatic heterocycles. The molecule has 124 valence electrons. The van der Waals surface area contributed by atoms with Gasteiger partial charge in [-0.05, 0) is 24.6 Å². The van der Waals surface area contributed by atoms with Crippen molar-refractivity contribution in [3.8, 4) is 11.5 Å². The minimum Gasteiger partial charge on any atom is -0.493 e. The topological polar surface area (TPSA) is 74.6 Å². The fourth-order valence-electron chi connectivity index (χ4n) is 2.28.